The van der Waals surface area contributed by atoms with Gasteiger partial charge in [0.15, 0.2) is 9.84 Å². The molecule has 0 fully saturated rings. The van der Waals surface area contributed by atoms with Crippen LogP contribution in [0.1, 0.15) is 5.56 Å². The zero-order chi connectivity index (χ0) is 13.9. The lowest BCUT2D eigenvalue weighted by atomic mass is 10.4. The van der Waals surface area contributed by atoms with Gasteiger partial charge in [-0.15, -0.1) is 0 Å². The van der Waals surface area contributed by atoms with Crippen molar-refractivity contribution in [2.75, 3.05) is 6.67 Å². The average Bonchev–Trinajstić information content (AvgIpc) is 2.76. The van der Waals surface area contributed by atoms with E-state index in [4.69, 9.17) is 0 Å². The van der Waals surface area contributed by atoms with Crippen LogP contribution in [-0.4, -0.2) is 24.9 Å². The van der Waals surface area contributed by atoms with Gasteiger partial charge in [0, 0.05) is 16.2 Å². The first-order valence-corrected chi connectivity index (χ1v) is 8.02. The third-order valence-electron chi connectivity index (χ3n) is 2.53. The van der Waals surface area contributed by atoms with E-state index in [0.29, 0.717) is 10.0 Å². The molecule has 0 amide bonds. The quantitative estimate of drug-likeness (QED) is 0.835. The van der Waals surface area contributed by atoms with Gasteiger partial charge in [-0.3, -0.25) is 4.68 Å². The largest absolute Gasteiger partial charge is 0.270 e. The number of aryl methyl sites for hydroxylation is 1. The van der Waals surface area contributed by atoms with Crippen LogP contribution in [0.3, 0.4) is 0 Å². The fourth-order valence-electron chi connectivity index (χ4n) is 1.68. The molecule has 1 heterocycles. The van der Waals surface area contributed by atoms with Gasteiger partial charge in [0.2, 0.25) is 0 Å². The van der Waals surface area contributed by atoms with Crippen LogP contribution in [0.15, 0.2) is 46.0 Å². The Morgan fingerprint density at radius 2 is 2.05 bits per heavy atom. The fraction of sp³-hybridized carbons (Fsp3) is 0.250. The van der Waals surface area contributed by atoms with E-state index in [-0.39, 0.29) is 17.2 Å². The average molecular weight is 347 g/mol. The number of aromatic nitrogens is 2. The highest BCUT2D eigenvalue weighted by molar-refractivity contribution is 9.10. The molecule has 102 valence electrons. The monoisotopic (exact) mass is 346 g/mol. The summed E-state index contributed by atoms with van der Waals surface area (Å²) in [5.74, 6) is -0.151. The minimum absolute atomic E-state index is 0.134. The summed E-state index contributed by atoms with van der Waals surface area (Å²) in [5, 5.41) is 3.91. The molecule has 0 N–H and O–H groups in total. The van der Waals surface area contributed by atoms with Gasteiger partial charge >= 0.3 is 0 Å². The van der Waals surface area contributed by atoms with Crippen LogP contribution < -0.4 is 0 Å². The summed E-state index contributed by atoms with van der Waals surface area (Å²) in [6.07, 6.45) is 3.00. The molecule has 0 saturated heterocycles. The first-order valence-electron chi connectivity index (χ1n) is 5.57. The lowest BCUT2D eigenvalue weighted by Crippen LogP contribution is -2.05. The highest BCUT2D eigenvalue weighted by atomic mass is 79.9. The molecule has 0 atom stereocenters. The lowest BCUT2D eigenvalue weighted by molar-refractivity contribution is 0.427. The van der Waals surface area contributed by atoms with Gasteiger partial charge in [0.05, 0.1) is 23.4 Å². The molecular weight excluding hydrogens is 335 g/mol. The third-order valence-corrected chi connectivity index (χ3v) is 5.22. The van der Waals surface area contributed by atoms with E-state index in [1.165, 1.54) is 10.9 Å². The van der Waals surface area contributed by atoms with Gasteiger partial charge in [-0.25, -0.2) is 12.8 Å². The maximum absolute atomic E-state index is 12.2. The van der Waals surface area contributed by atoms with E-state index in [9.17, 15) is 12.8 Å². The number of nitrogens with zero attached hydrogens (tertiary/aromatic N) is 2. The summed E-state index contributed by atoms with van der Waals surface area (Å²) in [6, 6.07) is 6.65. The zero-order valence-corrected chi connectivity index (χ0v) is 12.4. The van der Waals surface area contributed by atoms with Crippen molar-refractivity contribution in [1.82, 2.24) is 9.78 Å². The predicted octanol–water partition coefficient (Wildman–Crippen LogP) is 2.59. The zero-order valence-electron chi connectivity index (χ0n) is 9.96. The maximum Gasteiger partial charge on any atom is 0.183 e. The van der Waals surface area contributed by atoms with E-state index in [0.717, 1.165) is 0 Å². The standard InChI is InChI=1S/C12H12BrFN2O2S/c13-11-3-1-2-4-12(11)19(17,18)9-10-7-15-16(8-10)6-5-14/h1-4,7-8H,5-6,9H2. The van der Waals surface area contributed by atoms with Crippen molar-refractivity contribution in [3.63, 3.8) is 0 Å². The molecule has 0 unspecified atom stereocenters. The minimum Gasteiger partial charge on any atom is -0.270 e. The van der Waals surface area contributed by atoms with Crippen LogP contribution in [0.4, 0.5) is 4.39 Å². The molecule has 19 heavy (non-hydrogen) atoms. The van der Waals surface area contributed by atoms with E-state index >= 15 is 0 Å². The Kier molecular flexibility index (Phi) is 4.36. The van der Waals surface area contributed by atoms with E-state index < -0.39 is 16.5 Å². The van der Waals surface area contributed by atoms with Crippen LogP contribution in [0.2, 0.25) is 0 Å². The molecule has 2 aromatic rings. The van der Waals surface area contributed by atoms with Crippen molar-refractivity contribution in [1.29, 1.82) is 0 Å². The SMILES string of the molecule is O=S(=O)(Cc1cnn(CCF)c1)c1ccccc1Br. The van der Waals surface area contributed by atoms with Gasteiger partial charge in [-0.1, -0.05) is 12.1 Å². The molecule has 0 aliphatic carbocycles. The van der Waals surface area contributed by atoms with Crippen LogP contribution in [0.25, 0.3) is 0 Å². The summed E-state index contributed by atoms with van der Waals surface area (Å²) in [4.78, 5) is 0.244. The van der Waals surface area contributed by atoms with Crippen LogP contribution in [0, 0.1) is 0 Å². The molecule has 0 bridgehead atoms. The van der Waals surface area contributed by atoms with Crippen molar-refractivity contribution in [2.24, 2.45) is 0 Å². The summed E-state index contributed by atoms with van der Waals surface area (Å²) >= 11 is 3.23. The summed E-state index contributed by atoms with van der Waals surface area (Å²) < 4.78 is 38.6. The Hall–Kier alpha value is -1.21. The number of halogens is 2. The molecule has 2 rings (SSSR count). The molecular formula is C12H12BrFN2O2S. The van der Waals surface area contributed by atoms with Crippen molar-refractivity contribution in [3.05, 3.63) is 46.7 Å². The Morgan fingerprint density at radius 3 is 2.74 bits per heavy atom. The second kappa shape index (κ2) is 5.83. The molecule has 0 radical (unpaired) electrons. The topological polar surface area (TPSA) is 52.0 Å². The minimum atomic E-state index is -3.44. The Bertz CT molecular complexity index is 670. The molecule has 0 spiro atoms. The number of sulfone groups is 1. The summed E-state index contributed by atoms with van der Waals surface area (Å²) in [7, 11) is -3.44. The third kappa shape index (κ3) is 3.42. The smallest absolute Gasteiger partial charge is 0.183 e. The first-order chi connectivity index (χ1) is 9.03. The predicted molar refractivity (Wildman–Crippen MR) is 73.2 cm³/mol. The Labute approximate surface area is 119 Å². The van der Waals surface area contributed by atoms with Crippen molar-refractivity contribution < 1.29 is 12.8 Å². The van der Waals surface area contributed by atoms with E-state index in [2.05, 4.69) is 21.0 Å². The van der Waals surface area contributed by atoms with Crippen LogP contribution in [0.5, 0.6) is 0 Å². The van der Waals surface area contributed by atoms with E-state index in [1.807, 2.05) is 0 Å². The van der Waals surface area contributed by atoms with Crippen LogP contribution in [-0.2, 0) is 22.1 Å². The number of hydrogen-bond donors (Lipinski definition) is 0. The molecule has 0 saturated carbocycles. The van der Waals surface area contributed by atoms with Crippen molar-refractivity contribution in [3.8, 4) is 0 Å². The van der Waals surface area contributed by atoms with Gasteiger partial charge in [-0.05, 0) is 28.1 Å². The van der Waals surface area contributed by atoms with Crippen molar-refractivity contribution in [2.45, 2.75) is 17.2 Å². The summed E-state index contributed by atoms with van der Waals surface area (Å²) in [6.45, 7) is -0.396. The molecule has 1 aromatic heterocycles. The molecule has 0 aliphatic rings. The highest BCUT2D eigenvalue weighted by Crippen LogP contribution is 2.24. The number of alkyl halides is 1. The molecule has 1 aromatic carbocycles. The molecule has 4 nitrogen and oxygen atoms in total. The van der Waals surface area contributed by atoms with E-state index in [1.54, 1.807) is 30.5 Å². The van der Waals surface area contributed by atoms with Gasteiger partial charge in [0.25, 0.3) is 0 Å². The van der Waals surface area contributed by atoms with Crippen molar-refractivity contribution >= 4 is 25.8 Å². The highest BCUT2D eigenvalue weighted by Gasteiger charge is 2.18. The summed E-state index contributed by atoms with van der Waals surface area (Å²) in [5.41, 5.74) is 0.546. The number of hydrogen-bond acceptors (Lipinski definition) is 3. The number of benzene rings is 1. The first kappa shape index (κ1) is 14.2. The molecule has 7 heteroatoms. The second-order valence-corrected chi connectivity index (χ2v) is 6.80. The van der Waals surface area contributed by atoms with Gasteiger partial charge < -0.3 is 0 Å². The number of rotatable bonds is 5. The van der Waals surface area contributed by atoms with Gasteiger partial charge in [0.1, 0.15) is 6.67 Å². The maximum atomic E-state index is 12.2. The van der Waals surface area contributed by atoms with Crippen LogP contribution >= 0.6 is 15.9 Å². The second-order valence-electron chi connectivity index (χ2n) is 3.99. The van der Waals surface area contributed by atoms with Gasteiger partial charge in [-0.2, -0.15) is 5.10 Å². The normalized spacial score (nSPS) is 11.7. The Balaban J connectivity index is 2.24. The lowest BCUT2D eigenvalue weighted by Gasteiger charge is -2.04. The Morgan fingerprint density at radius 1 is 1.32 bits per heavy atom. The molecule has 0 aliphatic heterocycles. The fourth-order valence-corrected chi connectivity index (χ4v) is 4.10.